The standard InChI is InChI=1S/C27H30ClFN6O2.C2H6/c1-5-22(37)35-11-10-33(13-16(35)2)26-19-12-20(28)23(18-8-6-7-9-21(18)36)24(29)25(19)30-27(31-26)34-14-17(15-34)32(3)4;1-2/h5-9,12,16-17,36H,1,10-11,13-15H2,2-4H3;1-2H3. The van der Waals surface area contributed by atoms with Gasteiger partial charge in [-0.3, -0.25) is 4.79 Å². The van der Waals surface area contributed by atoms with Crippen LogP contribution in [0.2, 0.25) is 5.02 Å². The van der Waals surface area contributed by atoms with Gasteiger partial charge in [-0.1, -0.05) is 50.2 Å². The van der Waals surface area contributed by atoms with E-state index in [1.165, 1.54) is 12.1 Å². The van der Waals surface area contributed by atoms with Crippen molar-refractivity contribution in [2.45, 2.75) is 32.9 Å². The highest BCUT2D eigenvalue weighted by molar-refractivity contribution is 6.34. The number of aromatic hydroxyl groups is 1. The van der Waals surface area contributed by atoms with Gasteiger partial charge in [0.1, 0.15) is 17.1 Å². The number of carbonyl (C=O) groups excluding carboxylic acids is 1. The number of likely N-dealkylation sites (N-methyl/N-ethyl adjacent to an activating group) is 1. The number of hydrogen-bond donors (Lipinski definition) is 1. The van der Waals surface area contributed by atoms with Crippen molar-refractivity contribution in [3.05, 3.63) is 53.8 Å². The lowest BCUT2D eigenvalue weighted by atomic mass is 10.0. The normalized spacial score (nSPS) is 17.6. The number of phenols is 1. The molecule has 2 fully saturated rings. The summed E-state index contributed by atoms with van der Waals surface area (Å²) in [7, 11) is 4.06. The Hall–Kier alpha value is -3.43. The predicted molar refractivity (Wildman–Crippen MR) is 156 cm³/mol. The quantitative estimate of drug-likeness (QED) is 0.454. The highest BCUT2D eigenvalue weighted by Gasteiger charge is 2.34. The van der Waals surface area contributed by atoms with Crippen molar-refractivity contribution < 1.29 is 14.3 Å². The van der Waals surface area contributed by atoms with E-state index in [9.17, 15) is 9.90 Å². The number of benzene rings is 2. The number of nitrogens with zero attached hydrogens (tertiary/aromatic N) is 6. The third kappa shape index (κ3) is 5.38. The van der Waals surface area contributed by atoms with E-state index in [2.05, 4.69) is 21.4 Å². The molecule has 3 heterocycles. The molecule has 0 spiro atoms. The maximum atomic E-state index is 16.2. The molecule has 5 rings (SSSR count). The number of piperazine rings is 1. The zero-order chi connectivity index (χ0) is 28.4. The minimum Gasteiger partial charge on any atom is -0.507 e. The first-order valence-electron chi connectivity index (χ1n) is 13.3. The molecule has 3 aromatic rings. The molecule has 2 aromatic carbocycles. The Morgan fingerprint density at radius 3 is 2.46 bits per heavy atom. The Kier molecular flexibility index (Phi) is 8.61. The summed E-state index contributed by atoms with van der Waals surface area (Å²) in [6.07, 6.45) is 1.32. The first-order valence-corrected chi connectivity index (χ1v) is 13.6. The molecule has 1 atom stereocenters. The summed E-state index contributed by atoms with van der Waals surface area (Å²) in [5, 5.41) is 11.1. The molecular weight excluding hydrogens is 519 g/mol. The van der Waals surface area contributed by atoms with Crippen LogP contribution in [0.15, 0.2) is 43.0 Å². The number of aromatic nitrogens is 2. The smallest absolute Gasteiger partial charge is 0.246 e. The van der Waals surface area contributed by atoms with Crippen molar-refractivity contribution in [2.24, 2.45) is 0 Å². The number of para-hydroxylation sites is 1. The molecule has 10 heteroatoms. The van der Waals surface area contributed by atoms with Crippen molar-refractivity contribution in [3.63, 3.8) is 0 Å². The van der Waals surface area contributed by atoms with Crippen LogP contribution in [0.4, 0.5) is 16.2 Å². The molecule has 2 aliphatic heterocycles. The van der Waals surface area contributed by atoms with Crippen LogP contribution in [0.25, 0.3) is 22.0 Å². The molecule has 1 aromatic heterocycles. The summed E-state index contributed by atoms with van der Waals surface area (Å²) < 4.78 is 16.2. The molecule has 39 heavy (non-hydrogen) atoms. The van der Waals surface area contributed by atoms with E-state index >= 15 is 4.39 Å². The molecule has 0 bridgehead atoms. The molecular formula is C29H36ClFN6O2. The minimum absolute atomic E-state index is 0.0643. The summed E-state index contributed by atoms with van der Waals surface area (Å²) in [4.78, 5) is 29.8. The lowest BCUT2D eigenvalue weighted by Gasteiger charge is -2.43. The van der Waals surface area contributed by atoms with Crippen LogP contribution in [-0.4, -0.2) is 89.7 Å². The number of hydrogen-bond acceptors (Lipinski definition) is 7. The van der Waals surface area contributed by atoms with Crippen molar-refractivity contribution >= 4 is 40.2 Å². The number of amides is 1. The lowest BCUT2D eigenvalue weighted by Crippen LogP contribution is -2.58. The molecule has 2 saturated heterocycles. The van der Waals surface area contributed by atoms with Crippen molar-refractivity contribution in [3.8, 4) is 16.9 Å². The fourth-order valence-electron chi connectivity index (χ4n) is 5.02. The van der Waals surface area contributed by atoms with Gasteiger partial charge in [-0.25, -0.2) is 9.37 Å². The Morgan fingerprint density at radius 1 is 1.15 bits per heavy atom. The first-order chi connectivity index (χ1) is 18.7. The van der Waals surface area contributed by atoms with E-state index in [4.69, 9.17) is 16.6 Å². The van der Waals surface area contributed by atoms with Gasteiger partial charge in [0.15, 0.2) is 5.82 Å². The lowest BCUT2D eigenvalue weighted by molar-refractivity contribution is -0.128. The van der Waals surface area contributed by atoms with Crippen LogP contribution in [-0.2, 0) is 4.79 Å². The Morgan fingerprint density at radius 2 is 1.85 bits per heavy atom. The van der Waals surface area contributed by atoms with Gasteiger partial charge in [0.05, 0.1) is 5.02 Å². The van der Waals surface area contributed by atoms with Gasteiger partial charge in [0.2, 0.25) is 11.9 Å². The average Bonchev–Trinajstić information content (AvgIpc) is 2.89. The third-order valence-electron chi connectivity index (χ3n) is 7.28. The Labute approximate surface area is 234 Å². The van der Waals surface area contributed by atoms with Crippen molar-refractivity contribution in [2.75, 3.05) is 56.6 Å². The summed E-state index contributed by atoms with van der Waals surface area (Å²) in [6, 6.07) is 8.47. The topological polar surface area (TPSA) is 76.0 Å². The zero-order valence-electron chi connectivity index (χ0n) is 23.2. The molecule has 1 unspecified atom stereocenters. The summed E-state index contributed by atoms with van der Waals surface area (Å²) >= 11 is 6.63. The van der Waals surface area contributed by atoms with Crippen molar-refractivity contribution in [1.82, 2.24) is 19.8 Å². The second-order valence-electron chi connectivity index (χ2n) is 9.86. The van der Waals surface area contributed by atoms with E-state index < -0.39 is 5.82 Å². The van der Waals surface area contributed by atoms with E-state index in [1.54, 1.807) is 29.2 Å². The van der Waals surface area contributed by atoms with Crippen LogP contribution in [0, 0.1) is 5.82 Å². The maximum Gasteiger partial charge on any atom is 0.246 e. The van der Waals surface area contributed by atoms with Crippen LogP contribution in [0.1, 0.15) is 20.8 Å². The second kappa shape index (κ2) is 11.8. The molecule has 1 amide bonds. The average molecular weight is 555 g/mol. The number of carbonyl (C=O) groups is 1. The van der Waals surface area contributed by atoms with Gasteiger partial charge < -0.3 is 24.7 Å². The monoisotopic (exact) mass is 554 g/mol. The van der Waals surface area contributed by atoms with E-state index in [1.807, 2.05) is 39.8 Å². The van der Waals surface area contributed by atoms with E-state index in [0.29, 0.717) is 48.4 Å². The summed E-state index contributed by atoms with van der Waals surface area (Å²) in [5.74, 6) is 0.243. The van der Waals surface area contributed by atoms with Gasteiger partial charge >= 0.3 is 0 Å². The van der Waals surface area contributed by atoms with Crippen LogP contribution >= 0.6 is 11.6 Å². The number of phenolic OH excluding ortho intramolecular Hbond substituents is 1. The molecule has 1 N–H and O–H groups in total. The Bertz CT molecular complexity index is 1380. The summed E-state index contributed by atoms with van der Waals surface area (Å²) in [5.41, 5.74) is 0.552. The molecule has 0 saturated carbocycles. The van der Waals surface area contributed by atoms with Gasteiger partial charge in [0, 0.05) is 61.3 Å². The number of fused-ring (bicyclic) bond motifs is 1. The summed E-state index contributed by atoms with van der Waals surface area (Å²) in [6.45, 7) is 12.6. The molecule has 0 aliphatic carbocycles. The van der Waals surface area contributed by atoms with Crippen LogP contribution in [0.5, 0.6) is 5.75 Å². The fraction of sp³-hybridized carbons (Fsp3) is 0.414. The maximum absolute atomic E-state index is 16.2. The van der Waals surface area contributed by atoms with E-state index in [0.717, 1.165) is 13.1 Å². The first kappa shape index (κ1) is 28.6. The number of halogens is 2. The van der Waals surface area contributed by atoms with Gasteiger partial charge in [0.25, 0.3) is 0 Å². The zero-order valence-corrected chi connectivity index (χ0v) is 23.9. The number of rotatable bonds is 5. The molecule has 0 radical (unpaired) electrons. The number of anilines is 2. The largest absolute Gasteiger partial charge is 0.507 e. The highest BCUT2D eigenvalue weighted by Crippen LogP contribution is 2.42. The van der Waals surface area contributed by atoms with Gasteiger partial charge in [-0.2, -0.15) is 4.98 Å². The van der Waals surface area contributed by atoms with Crippen LogP contribution in [0.3, 0.4) is 0 Å². The van der Waals surface area contributed by atoms with Crippen LogP contribution < -0.4 is 9.80 Å². The highest BCUT2D eigenvalue weighted by atomic mass is 35.5. The SMILES string of the molecule is C=CC(=O)N1CCN(c2nc(N3CC(N(C)C)C3)nc3c(F)c(-c4ccccc4O)c(Cl)cc23)CC1C.CC. The molecule has 8 nitrogen and oxygen atoms in total. The molecule has 2 aliphatic rings. The predicted octanol–water partition coefficient (Wildman–Crippen LogP) is 4.79. The molecule has 208 valence electrons. The van der Waals surface area contributed by atoms with Gasteiger partial charge in [-0.15, -0.1) is 0 Å². The second-order valence-corrected chi connectivity index (χ2v) is 10.3. The van der Waals surface area contributed by atoms with Gasteiger partial charge in [-0.05, 0) is 39.2 Å². The third-order valence-corrected chi connectivity index (χ3v) is 7.58. The fourth-order valence-corrected chi connectivity index (χ4v) is 5.32. The Balaban J connectivity index is 0.00000172. The van der Waals surface area contributed by atoms with Crippen molar-refractivity contribution in [1.29, 1.82) is 0 Å². The minimum atomic E-state index is -0.605. The van der Waals surface area contributed by atoms with E-state index in [-0.39, 0.29) is 33.8 Å².